The van der Waals surface area contributed by atoms with Crippen LogP contribution >= 0.6 is 0 Å². The minimum absolute atomic E-state index is 0.0451. The Hall–Kier alpha value is -1.55. The average Bonchev–Trinajstić information content (AvgIpc) is 2.86. The van der Waals surface area contributed by atoms with Crippen molar-refractivity contribution in [1.82, 2.24) is 5.32 Å². The van der Waals surface area contributed by atoms with E-state index in [4.69, 9.17) is 9.47 Å². The highest BCUT2D eigenvalue weighted by atomic mass is 16.5. The SMILES string of the molecule is CNC1(C(=O)OC)CCC(Oc2ccc(C)c(C)c2)C1. The van der Waals surface area contributed by atoms with Crippen LogP contribution in [0.1, 0.15) is 30.4 Å². The van der Waals surface area contributed by atoms with Gasteiger partial charge in [0.15, 0.2) is 0 Å². The molecular weight excluding hydrogens is 254 g/mol. The molecule has 0 radical (unpaired) electrons. The Bertz CT molecular complexity index is 500. The van der Waals surface area contributed by atoms with Gasteiger partial charge in [-0.15, -0.1) is 0 Å². The minimum Gasteiger partial charge on any atom is -0.490 e. The number of methoxy groups -OCH3 is 1. The van der Waals surface area contributed by atoms with Crippen molar-refractivity contribution in [3.8, 4) is 5.75 Å². The zero-order chi connectivity index (χ0) is 14.8. The highest BCUT2D eigenvalue weighted by molar-refractivity contribution is 5.81. The van der Waals surface area contributed by atoms with Gasteiger partial charge in [0.25, 0.3) is 0 Å². The van der Waals surface area contributed by atoms with E-state index < -0.39 is 5.54 Å². The maximum absolute atomic E-state index is 11.9. The Balaban J connectivity index is 2.05. The second-order valence-electron chi connectivity index (χ2n) is 5.55. The van der Waals surface area contributed by atoms with Crippen molar-refractivity contribution >= 4 is 5.97 Å². The topological polar surface area (TPSA) is 47.6 Å². The molecule has 4 nitrogen and oxygen atoms in total. The number of hydrogen-bond donors (Lipinski definition) is 1. The number of esters is 1. The van der Waals surface area contributed by atoms with Crippen molar-refractivity contribution < 1.29 is 14.3 Å². The summed E-state index contributed by atoms with van der Waals surface area (Å²) in [6, 6.07) is 6.10. The van der Waals surface area contributed by atoms with Crippen LogP contribution in [-0.2, 0) is 9.53 Å². The maximum atomic E-state index is 11.9. The number of rotatable bonds is 4. The summed E-state index contributed by atoms with van der Waals surface area (Å²) in [4.78, 5) is 11.9. The van der Waals surface area contributed by atoms with Crippen LogP contribution in [0.2, 0.25) is 0 Å². The Labute approximate surface area is 120 Å². The van der Waals surface area contributed by atoms with Crippen LogP contribution in [0, 0.1) is 13.8 Å². The predicted molar refractivity (Wildman–Crippen MR) is 78.0 cm³/mol. The molecule has 0 aliphatic heterocycles. The smallest absolute Gasteiger partial charge is 0.326 e. The first-order chi connectivity index (χ1) is 9.50. The molecule has 1 saturated carbocycles. The number of nitrogens with one attached hydrogen (secondary N) is 1. The number of ether oxygens (including phenoxy) is 2. The molecule has 0 bridgehead atoms. The molecule has 1 fully saturated rings. The van der Waals surface area contributed by atoms with Gasteiger partial charge >= 0.3 is 5.97 Å². The summed E-state index contributed by atoms with van der Waals surface area (Å²) in [6.45, 7) is 4.15. The van der Waals surface area contributed by atoms with Gasteiger partial charge < -0.3 is 14.8 Å². The molecule has 0 heterocycles. The zero-order valence-electron chi connectivity index (χ0n) is 12.7. The number of carbonyl (C=O) groups excluding carboxylic acids is 1. The van der Waals surface area contributed by atoms with Crippen molar-refractivity contribution in [2.24, 2.45) is 0 Å². The van der Waals surface area contributed by atoms with Gasteiger partial charge in [0.05, 0.1) is 7.11 Å². The lowest BCUT2D eigenvalue weighted by atomic mass is 9.98. The Kier molecular flexibility index (Phi) is 4.33. The van der Waals surface area contributed by atoms with E-state index in [0.717, 1.165) is 18.6 Å². The largest absolute Gasteiger partial charge is 0.490 e. The molecule has 2 unspecified atom stereocenters. The van der Waals surface area contributed by atoms with Gasteiger partial charge in [-0.3, -0.25) is 4.79 Å². The van der Waals surface area contributed by atoms with Gasteiger partial charge in [0.1, 0.15) is 17.4 Å². The number of carbonyl (C=O) groups is 1. The number of benzene rings is 1. The summed E-state index contributed by atoms with van der Waals surface area (Å²) < 4.78 is 10.9. The fourth-order valence-electron chi connectivity index (χ4n) is 2.79. The molecule has 1 N–H and O–H groups in total. The third kappa shape index (κ3) is 2.80. The molecular formula is C16H23NO3. The molecule has 1 aromatic rings. The van der Waals surface area contributed by atoms with Crippen LogP contribution in [0.4, 0.5) is 0 Å². The van der Waals surface area contributed by atoms with Crippen molar-refractivity contribution in [3.63, 3.8) is 0 Å². The van der Waals surface area contributed by atoms with E-state index in [-0.39, 0.29) is 12.1 Å². The van der Waals surface area contributed by atoms with Gasteiger partial charge in [-0.05, 0) is 57.0 Å². The first-order valence-electron chi connectivity index (χ1n) is 7.02. The highest BCUT2D eigenvalue weighted by Gasteiger charge is 2.46. The monoisotopic (exact) mass is 277 g/mol. The summed E-state index contributed by atoms with van der Waals surface area (Å²) in [5, 5.41) is 3.11. The quantitative estimate of drug-likeness (QED) is 0.858. The van der Waals surface area contributed by atoms with Crippen molar-refractivity contribution in [3.05, 3.63) is 29.3 Å². The van der Waals surface area contributed by atoms with Crippen LogP contribution in [0.3, 0.4) is 0 Å². The molecule has 1 aliphatic rings. The third-order valence-electron chi connectivity index (χ3n) is 4.31. The Morgan fingerprint density at radius 2 is 2.10 bits per heavy atom. The van der Waals surface area contributed by atoms with E-state index in [1.807, 2.05) is 12.1 Å². The third-order valence-corrected chi connectivity index (χ3v) is 4.31. The Morgan fingerprint density at radius 3 is 2.70 bits per heavy atom. The van der Waals surface area contributed by atoms with E-state index in [2.05, 4.69) is 25.2 Å². The van der Waals surface area contributed by atoms with Gasteiger partial charge in [-0.2, -0.15) is 0 Å². The molecule has 0 spiro atoms. The van der Waals surface area contributed by atoms with Crippen LogP contribution in [0.25, 0.3) is 0 Å². The van der Waals surface area contributed by atoms with Crippen molar-refractivity contribution in [1.29, 1.82) is 0 Å². The van der Waals surface area contributed by atoms with E-state index in [1.165, 1.54) is 18.2 Å². The fraction of sp³-hybridized carbons (Fsp3) is 0.562. The first-order valence-corrected chi connectivity index (χ1v) is 7.02. The number of aryl methyl sites for hydroxylation is 2. The second-order valence-corrected chi connectivity index (χ2v) is 5.55. The summed E-state index contributed by atoms with van der Waals surface area (Å²) >= 11 is 0. The fourth-order valence-corrected chi connectivity index (χ4v) is 2.79. The van der Waals surface area contributed by atoms with E-state index in [9.17, 15) is 4.79 Å². The summed E-state index contributed by atoms with van der Waals surface area (Å²) in [6.07, 6.45) is 2.28. The lowest BCUT2D eigenvalue weighted by Gasteiger charge is -2.25. The molecule has 2 atom stereocenters. The molecule has 20 heavy (non-hydrogen) atoms. The molecule has 110 valence electrons. The van der Waals surface area contributed by atoms with Gasteiger partial charge in [-0.25, -0.2) is 0 Å². The standard InChI is InChI=1S/C16H23NO3/c1-11-5-6-13(9-12(11)2)20-14-7-8-16(10-14,17-3)15(18)19-4/h5-6,9,14,17H,7-8,10H2,1-4H3. The average molecular weight is 277 g/mol. The van der Waals surface area contributed by atoms with E-state index in [1.54, 1.807) is 7.05 Å². The summed E-state index contributed by atoms with van der Waals surface area (Å²) in [5.41, 5.74) is 1.87. The molecule has 0 amide bonds. The lowest BCUT2D eigenvalue weighted by molar-refractivity contribution is -0.148. The zero-order valence-corrected chi connectivity index (χ0v) is 12.7. The summed E-state index contributed by atoms with van der Waals surface area (Å²) in [5.74, 6) is 0.668. The normalized spacial score (nSPS) is 25.5. The lowest BCUT2D eigenvalue weighted by Crippen LogP contribution is -2.49. The molecule has 0 aromatic heterocycles. The van der Waals surface area contributed by atoms with Gasteiger partial charge in [-0.1, -0.05) is 6.07 Å². The molecule has 1 aromatic carbocycles. The molecule has 0 saturated heterocycles. The number of likely N-dealkylation sites (N-methyl/N-ethyl adjacent to an activating group) is 1. The van der Waals surface area contributed by atoms with Crippen LogP contribution < -0.4 is 10.1 Å². The predicted octanol–water partition coefficient (Wildman–Crippen LogP) is 2.37. The number of hydrogen-bond acceptors (Lipinski definition) is 4. The maximum Gasteiger partial charge on any atom is 0.326 e. The van der Waals surface area contributed by atoms with Gasteiger partial charge in [0.2, 0.25) is 0 Å². The van der Waals surface area contributed by atoms with E-state index in [0.29, 0.717) is 6.42 Å². The molecule has 4 heteroatoms. The summed E-state index contributed by atoms with van der Waals surface area (Å²) in [7, 11) is 3.23. The van der Waals surface area contributed by atoms with Crippen LogP contribution in [-0.4, -0.2) is 31.8 Å². The van der Waals surface area contributed by atoms with Gasteiger partial charge in [0, 0.05) is 6.42 Å². The first kappa shape index (κ1) is 14.9. The minimum atomic E-state index is -0.598. The molecule has 2 rings (SSSR count). The van der Waals surface area contributed by atoms with Crippen LogP contribution in [0.5, 0.6) is 5.75 Å². The van der Waals surface area contributed by atoms with Crippen molar-refractivity contribution in [2.75, 3.05) is 14.2 Å². The van der Waals surface area contributed by atoms with Crippen molar-refractivity contribution in [2.45, 2.75) is 44.8 Å². The van der Waals surface area contributed by atoms with Crippen LogP contribution in [0.15, 0.2) is 18.2 Å². The molecule has 1 aliphatic carbocycles. The van der Waals surface area contributed by atoms with E-state index >= 15 is 0 Å². The Morgan fingerprint density at radius 1 is 1.35 bits per heavy atom. The second kappa shape index (κ2) is 5.83. The highest BCUT2D eigenvalue weighted by Crippen LogP contribution is 2.33.